The number of carbonyl (C=O) groups excluding carboxylic acids is 2. The molecule has 94 valence electrons. The SMILES string of the molecule is CCN(CC)C(=O)C1C2CC3OC(=O)C1C3C2. The number of nitrogens with zero attached hydrogens (tertiary/aromatic N) is 1. The van der Waals surface area contributed by atoms with Crippen LogP contribution in [0.3, 0.4) is 0 Å². The Balaban J connectivity index is 1.85. The molecule has 17 heavy (non-hydrogen) atoms. The molecule has 2 saturated carbocycles. The molecule has 3 aliphatic rings. The Bertz CT molecular complexity index is 362. The van der Waals surface area contributed by atoms with Crippen molar-refractivity contribution >= 4 is 11.9 Å². The van der Waals surface area contributed by atoms with Gasteiger partial charge in [0.2, 0.25) is 5.91 Å². The maximum atomic E-state index is 12.4. The first-order chi connectivity index (χ1) is 8.17. The van der Waals surface area contributed by atoms with E-state index in [9.17, 15) is 9.59 Å². The second kappa shape index (κ2) is 3.72. The van der Waals surface area contributed by atoms with Crippen molar-refractivity contribution in [1.82, 2.24) is 4.90 Å². The van der Waals surface area contributed by atoms with Crippen LogP contribution in [0, 0.1) is 23.7 Å². The van der Waals surface area contributed by atoms with E-state index in [0.717, 1.165) is 25.9 Å². The lowest BCUT2D eigenvalue weighted by Gasteiger charge is -2.29. The van der Waals surface area contributed by atoms with Gasteiger partial charge in [0, 0.05) is 19.0 Å². The zero-order valence-electron chi connectivity index (χ0n) is 10.4. The van der Waals surface area contributed by atoms with Gasteiger partial charge < -0.3 is 9.64 Å². The number of amides is 1. The number of carbonyl (C=O) groups is 2. The molecule has 0 spiro atoms. The topological polar surface area (TPSA) is 46.6 Å². The third-order valence-electron chi connectivity index (χ3n) is 4.84. The molecule has 0 aromatic heterocycles. The zero-order valence-corrected chi connectivity index (χ0v) is 10.4. The van der Waals surface area contributed by atoms with Crippen LogP contribution < -0.4 is 0 Å². The van der Waals surface area contributed by atoms with Gasteiger partial charge in [-0.1, -0.05) is 0 Å². The van der Waals surface area contributed by atoms with Crippen molar-refractivity contribution in [3.63, 3.8) is 0 Å². The minimum Gasteiger partial charge on any atom is -0.462 e. The van der Waals surface area contributed by atoms with E-state index in [0.29, 0.717) is 11.8 Å². The van der Waals surface area contributed by atoms with Crippen LogP contribution in [0.1, 0.15) is 26.7 Å². The van der Waals surface area contributed by atoms with Gasteiger partial charge in [0.05, 0.1) is 11.8 Å². The van der Waals surface area contributed by atoms with Gasteiger partial charge in [0.15, 0.2) is 0 Å². The van der Waals surface area contributed by atoms with Crippen molar-refractivity contribution in [3.05, 3.63) is 0 Å². The molecule has 1 aliphatic heterocycles. The summed E-state index contributed by atoms with van der Waals surface area (Å²) < 4.78 is 5.36. The van der Waals surface area contributed by atoms with E-state index >= 15 is 0 Å². The smallest absolute Gasteiger partial charge is 0.310 e. The second-order valence-corrected chi connectivity index (χ2v) is 5.43. The summed E-state index contributed by atoms with van der Waals surface area (Å²) in [5.41, 5.74) is 0. The van der Waals surface area contributed by atoms with Crippen LogP contribution in [-0.2, 0) is 14.3 Å². The molecule has 4 nitrogen and oxygen atoms in total. The van der Waals surface area contributed by atoms with Crippen molar-refractivity contribution in [1.29, 1.82) is 0 Å². The number of hydrogen-bond donors (Lipinski definition) is 0. The Labute approximate surface area is 101 Å². The summed E-state index contributed by atoms with van der Waals surface area (Å²) >= 11 is 0. The first kappa shape index (κ1) is 11.1. The molecule has 0 N–H and O–H groups in total. The van der Waals surface area contributed by atoms with Gasteiger partial charge in [0.1, 0.15) is 6.10 Å². The fourth-order valence-electron chi connectivity index (χ4n) is 4.09. The molecule has 0 aromatic carbocycles. The van der Waals surface area contributed by atoms with Crippen LogP contribution in [-0.4, -0.2) is 36.0 Å². The molecule has 3 fully saturated rings. The molecule has 2 bridgehead atoms. The Morgan fingerprint density at radius 2 is 2.06 bits per heavy atom. The average molecular weight is 237 g/mol. The molecule has 5 atom stereocenters. The molecular weight excluding hydrogens is 218 g/mol. The highest BCUT2D eigenvalue weighted by atomic mass is 16.6. The fraction of sp³-hybridized carbons (Fsp3) is 0.846. The molecule has 1 saturated heterocycles. The Morgan fingerprint density at radius 1 is 1.35 bits per heavy atom. The van der Waals surface area contributed by atoms with Gasteiger partial charge in [0.25, 0.3) is 0 Å². The molecular formula is C13H19NO3. The first-order valence-electron chi connectivity index (χ1n) is 6.66. The Kier molecular flexibility index (Phi) is 2.42. The largest absolute Gasteiger partial charge is 0.462 e. The van der Waals surface area contributed by atoms with Crippen molar-refractivity contribution < 1.29 is 14.3 Å². The highest BCUT2D eigenvalue weighted by molar-refractivity contribution is 5.88. The minimum absolute atomic E-state index is 0.0915. The lowest BCUT2D eigenvalue weighted by atomic mass is 9.79. The molecule has 1 amide bonds. The minimum atomic E-state index is -0.133. The number of hydrogen-bond acceptors (Lipinski definition) is 3. The van der Waals surface area contributed by atoms with Crippen LogP contribution in [0.15, 0.2) is 0 Å². The Hall–Kier alpha value is -1.06. The predicted molar refractivity (Wildman–Crippen MR) is 61.0 cm³/mol. The lowest BCUT2D eigenvalue weighted by molar-refractivity contribution is -0.148. The first-order valence-corrected chi connectivity index (χ1v) is 6.66. The van der Waals surface area contributed by atoms with Crippen molar-refractivity contribution in [2.75, 3.05) is 13.1 Å². The summed E-state index contributed by atoms with van der Waals surface area (Å²) in [5.74, 6) is 0.542. The summed E-state index contributed by atoms with van der Waals surface area (Å²) in [6.07, 6.45) is 2.04. The predicted octanol–water partition coefficient (Wildman–Crippen LogP) is 1.05. The van der Waals surface area contributed by atoms with E-state index in [2.05, 4.69) is 0 Å². The third-order valence-corrected chi connectivity index (χ3v) is 4.84. The van der Waals surface area contributed by atoms with E-state index in [4.69, 9.17) is 4.74 Å². The monoisotopic (exact) mass is 237 g/mol. The van der Waals surface area contributed by atoms with E-state index in [1.54, 1.807) is 0 Å². The number of esters is 1. The van der Waals surface area contributed by atoms with Gasteiger partial charge in [-0.25, -0.2) is 0 Å². The highest BCUT2D eigenvalue weighted by Gasteiger charge is 2.64. The van der Waals surface area contributed by atoms with Gasteiger partial charge in [-0.3, -0.25) is 9.59 Å². The molecule has 2 aliphatic carbocycles. The lowest BCUT2D eigenvalue weighted by Crippen LogP contribution is -2.42. The highest BCUT2D eigenvalue weighted by Crippen LogP contribution is 2.58. The van der Waals surface area contributed by atoms with Gasteiger partial charge in [-0.05, 0) is 32.6 Å². The average Bonchev–Trinajstić information content (AvgIpc) is 2.90. The summed E-state index contributed by atoms with van der Waals surface area (Å²) in [4.78, 5) is 26.1. The number of fused-ring (bicyclic) bond motifs is 1. The summed E-state index contributed by atoms with van der Waals surface area (Å²) in [7, 11) is 0. The maximum absolute atomic E-state index is 12.4. The van der Waals surface area contributed by atoms with E-state index in [1.165, 1.54) is 0 Å². The fourth-order valence-corrected chi connectivity index (χ4v) is 4.09. The van der Waals surface area contributed by atoms with Crippen molar-refractivity contribution in [2.24, 2.45) is 23.7 Å². The number of ether oxygens (including phenoxy) is 1. The molecule has 0 radical (unpaired) electrons. The van der Waals surface area contributed by atoms with E-state index in [1.807, 2.05) is 18.7 Å². The van der Waals surface area contributed by atoms with Crippen molar-refractivity contribution in [2.45, 2.75) is 32.8 Å². The van der Waals surface area contributed by atoms with Crippen LogP contribution in [0.4, 0.5) is 0 Å². The third kappa shape index (κ3) is 1.36. The molecule has 0 aromatic rings. The standard InChI is InChI=1S/C13H19NO3/c1-3-14(4-2)12(15)10-7-5-8-9(6-7)17-13(16)11(8)10/h7-11H,3-6H2,1-2H3. The molecule has 4 heteroatoms. The Morgan fingerprint density at radius 3 is 2.71 bits per heavy atom. The van der Waals surface area contributed by atoms with Crippen LogP contribution >= 0.6 is 0 Å². The summed E-state index contributed by atoms with van der Waals surface area (Å²) in [6, 6.07) is 0. The second-order valence-electron chi connectivity index (χ2n) is 5.43. The van der Waals surface area contributed by atoms with Gasteiger partial charge in [-0.2, -0.15) is 0 Å². The summed E-state index contributed by atoms with van der Waals surface area (Å²) in [6.45, 7) is 5.44. The molecule has 1 heterocycles. The van der Waals surface area contributed by atoms with Crippen LogP contribution in [0.5, 0.6) is 0 Å². The van der Waals surface area contributed by atoms with E-state index < -0.39 is 0 Å². The van der Waals surface area contributed by atoms with Crippen LogP contribution in [0.2, 0.25) is 0 Å². The zero-order chi connectivity index (χ0) is 12.2. The summed E-state index contributed by atoms with van der Waals surface area (Å²) in [5, 5.41) is 0. The quantitative estimate of drug-likeness (QED) is 0.689. The van der Waals surface area contributed by atoms with Gasteiger partial charge >= 0.3 is 5.97 Å². The van der Waals surface area contributed by atoms with Crippen molar-refractivity contribution in [3.8, 4) is 0 Å². The maximum Gasteiger partial charge on any atom is 0.310 e. The van der Waals surface area contributed by atoms with E-state index in [-0.39, 0.29) is 29.8 Å². The molecule has 3 rings (SSSR count). The van der Waals surface area contributed by atoms with Crippen LogP contribution in [0.25, 0.3) is 0 Å². The van der Waals surface area contributed by atoms with Gasteiger partial charge in [-0.15, -0.1) is 0 Å². The molecule has 5 unspecified atom stereocenters. The normalized spacial score (nSPS) is 41.8. The number of rotatable bonds is 3.